The zero-order valence-corrected chi connectivity index (χ0v) is 18.5. The van der Waals surface area contributed by atoms with Crippen LogP contribution in [0.15, 0.2) is 48.5 Å². The molecular weight excluding hydrogens is 448 g/mol. The van der Waals surface area contributed by atoms with Crippen molar-refractivity contribution in [1.29, 1.82) is 0 Å². The molecule has 2 aromatic carbocycles. The van der Waals surface area contributed by atoms with Gasteiger partial charge in [0.2, 0.25) is 11.7 Å². The standard InChI is InChI=1S/C24H23ClN2O6/c25-19-6-2-1-5-18(19)21(28)14-33-24(31)15-7-9-16(10-8-15)27-22(29)12-20(23(27)30)26-13-17-4-3-11-32-17/h1-2,5-10,17,20,26H,3-4,11-14H2. The van der Waals surface area contributed by atoms with Crippen LogP contribution in [0.4, 0.5) is 5.69 Å². The fourth-order valence-electron chi connectivity index (χ4n) is 3.87. The molecule has 1 N–H and O–H groups in total. The Kier molecular flexibility index (Phi) is 7.17. The predicted octanol–water partition coefficient (Wildman–Crippen LogP) is 2.78. The third-order valence-corrected chi connectivity index (χ3v) is 5.96. The summed E-state index contributed by atoms with van der Waals surface area (Å²) in [6, 6.07) is 11.8. The van der Waals surface area contributed by atoms with E-state index in [9.17, 15) is 19.2 Å². The van der Waals surface area contributed by atoms with Gasteiger partial charge in [-0.2, -0.15) is 0 Å². The van der Waals surface area contributed by atoms with Crippen molar-refractivity contribution in [2.45, 2.75) is 31.4 Å². The number of ether oxygens (including phenoxy) is 2. The first-order valence-electron chi connectivity index (χ1n) is 10.7. The van der Waals surface area contributed by atoms with Crippen molar-refractivity contribution >= 4 is 40.9 Å². The molecule has 2 aliphatic heterocycles. The highest BCUT2D eigenvalue weighted by molar-refractivity contribution is 6.34. The molecule has 0 aliphatic carbocycles. The van der Waals surface area contributed by atoms with Crippen molar-refractivity contribution in [3.05, 3.63) is 64.7 Å². The van der Waals surface area contributed by atoms with Gasteiger partial charge in [-0.05, 0) is 49.2 Å². The summed E-state index contributed by atoms with van der Waals surface area (Å²) in [5.41, 5.74) is 0.837. The predicted molar refractivity (Wildman–Crippen MR) is 120 cm³/mol. The maximum atomic E-state index is 12.7. The SMILES string of the molecule is O=C(OCC(=O)c1ccccc1Cl)c1ccc(N2C(=O)CC(NCC3CCCO3)C2=O)cc1. The molecule has 2 aromatic rings. The highest BCUT2D eigenvalue weighted by Gasteiger charge is 2.39. The molecule has 0 spiro atoms. The van der Waals surface area contributed by atoms with Gasteiger partial charge in [-0.25, -0.2) is 9.69 Å². The molecule has 2 unspecified atom stereocenters. The van der Waals surface area contributed by atoms with E-state index in [4.69, 9.17) is 21.1 Å². The van der Waals surface area contributed by atoms with E-state index < -0.39 is 24.4 Å². The largest absolute Gasteiger partial charge is 0.454 e. The van der Waals surface area contributed by atoms with Gasteiger partial charge in [0.15, 0.2) is 6.61 Å². The number of nitrogens with zero attached hydrogens (tertiary/aromatic N) is 1. The van der Waals surface area contributed by atoms with Gasteiger partial charge in [0.05, 0.1) is 34.8 Å². The maximum absolute atomic E-state index is 12.7. The first-order chi connectivity index (χ1) is 15.9. The Morgan fingerprint density at radius 3 is 2.58 bits per heavy atom. The molecule has 172 valence electrons. The summed E-state index contributed by atoms with van der Waals surface area (Å²) in [5, 5.41) is 3.41. The minimum absolute atomic E-state index is 0.0667. The molecule has 9 heteroatoms. The lowest BCUT2D eigenvalue weighted by Crippen LogP contribution is -2.41. The molecule has 8 nitrogen and oxygen atoms in total. The number of imide groups is 1. The lowest BCUT2D eigenvalue weighted by Gasteiger charge is -2.17. The Hall–Kier alpha value is -3.07. The smallest absolute Gasteiger partial charge is 0.338 e. The van der Waals surface area contributed by atoms with Crippen LogP contribution in [0, 0.1) is 0 Å². The van der Waals surface area contributed by atoms with Crippen LogP contribution >= 0.6 is 11.6 Å². The number of rotatable bonds is 8. The average Bonchev–Trinajstić information content (AvgIpc) is 3.43. The van der Waals surface area contributed by atoms with Crippen LogP contribution in [0.1, 0.15) is 40.0 Å². The van der Waals surface area contributed by atoms with E-state index in [1.807, 2.05) is 0 Å². The Morgan fingerprint density at radius 2 is 1.88 bits per heavy atom. The normalized spacial score (nSPS) is 20.3. The van der Waals surface area contributed by atoms with Gasteiger partial charge in [0.1, 0.15) is 0 Å². The number of benzene rings is 2. The van der Waals surface area contributed by atoms with Gasteiger partial charge in [-0.1, -0.05) is 23.7 Å². The zero-order valence-electron chi connectivity index (χ0n) is 17.8. The van der Waals surface area contributed by atoms with E-state index in [2.05, 4.69) is 5.32 Å². The Bertz CT molecular complexity index is 1060. The second-order valence-corrected chi connectivity index (χ2v) is 8.30. The second-order valence-electron chi connectivity index (χ2n) is 7.89. The Morgan fingerprint density at radius 1 is 1.12 bits per heavy atom. The van der Waals surface area contributed by atoms with Crippen LogP contribution in [0.5, 0.6) is 0 Å². The summed E-state index contributed by atoms with van der Waals surface area (Å²) in [4.78, 5) is 50.8. The number of esters is 1. The summed E-state index contributed by atoms with van der Waals surface area (Å²) >= 11 is 5.99. The van der Waals surface area contributed by atoms with Crippen LogP contribution < -0.4 is 10.2 Å². The van der Waals surface area contributed by atoms with Gasteiger partial charge < -0.3 is 14.8 Å². The first-order valence-corrected chi connectivity index (χ1v) is 11.1. The van der Waals surface area contributed by atoms with Crippen molar-refractivity contribution in [2.75, 3.05) is 24.7 Å². The van der Waals surface area contributed by atoms with Crippen molar-refractivity contribution < 1.29 is 28.7 Å². The van der Waals surface area contributed by atoms with Crippen LogP contribution in [-0.2, 0) is 19.1 Å². The minimum atomic E-state index is -0.697. The number of amides is 2. The number of halogens is 1. The fraction of sp³-hybridized carbons (Fsp3) is 0.333. The van der Waals surface area contributed by atoms with Gasteiger partial charge >= 0.3 is 5.97 Å². The van der Waals surface area contributed by atoms with Crippen LogP contribution in [-0.4, -0.2) is 55.5 Å². The van der Waals surface area contributed by atoms with Crippen molar-refractivity contribution in [1.82, 2.24) is 5.32 Å². The molecular formula is C24H23ClN2O6. The Balaban J connectivity index is 1.33. The fourth-order valence-corrected chi connectivity index (χ4v) is 4.11. The van der Waals surface area contributed by atoms with Gasteiger partial charge in [0.25, 0.3) is 5.91 Å². The number of carbonyl (C=O) groups excluding carboxylic acids is 4. The van der Waals surface area contributed by atoms with Crippen molar-refractivity contribution in [2.24, 2.45) is 0 Å². The lowest BCUT2D eigenvalue weighted by atomic mass is 10.1. The van der Waals surface area contributed by atoms with E-state index in [1.165, 1.54) is 24.3 Å². The molecule has 0 aromatic heterocycles. The molecule has 2 atom stereocenters. The van der Waals surface area contributed by atoms with Crippen molar-refractivity contribution in [3.63, 3.8) is 0 Å². The number of Topliss-reactive ketones (excluding diaryl/α,β-unsaturated/α-hetero) is 1. The van der Waals surface area contributed by atoms with Crippen LogP contribution in [0.25, 0.3) is 0 Å². The zero-order chi connectivity index (χ0) is 23.4. The van der Waals surface area contributed by atoms with Crippen LogP contribution in [0.2, 0.25) is 5.02 Å². The molecule has 2 amide bonds. The molecule has 0 saturated carbocycles. The highest BCUT2D eigenvalue weighted by atomic mass is 35.5. The average molecular weight is 471 g/mol. The van der Waals surface area contributed by atoms with Gasteiger partial charge in [0, 0.05) is 18.7 Å². The molecule has 2 saturated heterocycles. The maximum Gasteiger partial charge on any atom is 0.338 e. The Labute approximate surface area is 195 Å². The quantitative estimate of drug-likeness (QED) is 0.359. The number of hydrogen-bond donors (Lipinski definition) is 1. The monoisotopic (exact) mass is 470 g/mol. The van der Waals surface area contributed by atoms with E-state index in [-0.39, 0.29) is 40.5 Å². The number of anilines is 1. The molecule has 0 radical (unpaired) electrons. The highest BCUT2D eigenvalue weighted by Crippen LogP contribution is 2.24. The minimum Gasteiger partial charge on any atom is -0.454 e. The van der Waals surface area contributed by atoms with E-state index in [0.717, 1.165) is 24.3 Å². The summed E-state index contributed by atoms with van der Waals surface area (Å²) in [6.45, 7) is 0.791. The summed E-state index contributed by atoms with van der Waals surface area (Å²) in [7, 11) is 0. The lowest BCUT2D eigenvalue weighted by molar-refractivity contribution is -0.121. The second kappa shape index (κ2) is 10.2. The number of hydrogen-bond acceptors (Lipinski definition) is 7. The van der Waals surface area contributed by atoms with E-state index in [0.29, 0.717) is 12.2 Å². The third-order valence-electron chi connectivity index (χ3n) is 5.63. The first kappa shape index (κ1) is 23.1. The molecule has 2 aliphatic rings. The molecule has 2 heterocycles. The topological polar surface area (TPSA) is 102 Å². The number of ketones is 1. The van der Waals surface area contributed by atoms with E-state index in [1.54, 1.807) is 24.3 Å². The summed E-state index contributed by atoms with van der Waals surface area (Å²) in [6.07, 6.45) is 2.07. The van der Waals surface area contributed by atoms with Gasteiger partial charge in [-0.3, -0.25) is 14.4 Å². The molecule has 0 bridgehead atoms. The molecule has 4 rings (SSSR count). The number of carbonyl (C=O) groups is 4. The van der Waals surface area contributed by atoms with Crippen molar-refractivity contribution in [3.8, 4) is 0 Å². The molecule has 33 heavy (non-hydrogen) atoms. The van der Waals surface area contributed by atoms with E-state index >= 15 is 0 Å². The summed E-state index contributed by atoms with van der Waals surface area (Å²) in [5.74, 6) is -1.76. The van der Waals surface area contributed by atoms with Crippen LogP contribution in [0.3, 0.4) is 0 Å². The van der Waals surface area contributed by atoms with Gasteiger partial charge in [-0.15, -0.1) is 0 Å². The number of nitrogens with one attached hydrogen (secondary N) is 1. The molecule has 2 fully saturated rings. The third kappa shape index (κ3) is 5.30. The summed E-state index contributed by atoms with van der Waals surface area (Å²) < 4.78 is 10.6.